The lowest BCUT2D eigenvalue weighted by atomic mass is 9.87. The Kier molecular flexibility index (Phi) is 4.89. The van der Waals surface area contributed by atoms with Gasteiger partial charge in [-0.15, -0.1) is 11.3 Å². The van der Waals surface area contributed by atoms with Gasteiger partial charge in [0, 0.05) is 55.6 Å². The summed E-state index contributed by atoms with van der Waals surface area (Å²) in [7, 11) is 0. The molecule has 0 amide bonds. The van der Waals surface area contributed by atoms with Gasteiger partial charge in [0.2, 0.25) is 0 Å². The molecular weight excluding hydrogens is 320 g/mol. The highest BCUT2D eigenvalue weighted by Crippen LogP contribution is 2.34. The van der Waals surface area contributed by atoms with Crippen LogP contribution in [0.5, 0.6) is 0 Å². The number of ether oxygens (including phenoxy) is 1. The minimum atomic E-state index is 0.265. The van der Waals surface area contributed by atoms with Gasteiger partial charge in [-0.2, -0.15) is 0 Å². The minimum Gasteiger partial charge on any atom is -0.379 e. The zero-order valence-corrected chi connectivity index (χ0v) is 14.7. The lowest BCUT2D eigenvalue weighted by Crippen LogP contribution is -2.40. The smallest absolute Gasteiger partial charge is 0.107 e. The molecule has 0 aliphatic carbocycles. The van der Waals surface area contributed by atoms with Crippen molar-refractivity contribution < 1.29 is 4.74 Å². The van der Waals surface area contributed by atoms with Crippen molar-refractivity contribution in [2.24, 2.45) is 5.41 Å². The quantitative estimate of drug-likeness (QED) is 0.851. The maximum Gasteiger partial charge on any atom is 0.107 e. The molecule has 24 heavy (non-hydrogen) atoms. The topological polar surface area (TPSA) is 41.5 Å². The van der Waals surface area contributed by atoms with E-state index in [-0.39, 0.29) is 5.41 Å². The Morgan fingerprint density at radius 1 is 1.08 bits per heavy atom. The number of hydrogen-bond donors (Lipinski definition) is 0. The number of rotatable bonds is 4. The van der Waals surface area contributed by atoms with E-state index >= 15 is 0 Å². The molecule has 5 nitrogen and oxygen atoms in total. The van der Waals surface area contributed by atoms with Crippen molar-refractivity contribution in [1.29, 1.82) is 0 Å². The minimum absolute atomic E-state index is 0.265. The maximum atomic E-state index is 5.99. The van der Waals surface area contributed by atoms with Crippen LogP contribution in [0.4, 0.5) is 0 Å². The van der Waals surface area contributed by atoms with Crippen LogP contribution in [0.2, 0.25) is 0 Å². The molecule has 0 bridgehead atoms. The predicted octanol–water partition coefficient (Wildman–Crippen LogP) is 2.26. The fourth-order valence-corrected chi connectivity index (χ4v) is 4.55. The van der Waals surface area contributed by atoms with Crippen molar-refractivity contribution >= 4 is 11.3 Å². The second kappa shape index (κ2) is 7.27. The van der Waals surface area contributed by atoms with Gasteiger partial charge in [-0.05, 0) is 30.7 Å². The first-order valence-electron chi connectivity index (χ1n) is 8.61. The summed E-state index contributed by atoms with van der Waals surface area (Å²) in [6, 6.07) is 4.23. The third-order valence-electron chi connectivity index (χ3n) is 5.03. The van der Waals surface area contributed by atoms with E-state index in [4.69, 9.17) is 4.74 Å². The van der Waals surface area contributed by atoms with Crippen molar-refractivity contribution in [2.45, 2.75) is 19.5 Å². The van der Waals surface area contributed by atoms with Gasteiger partial charge in [0.1, 0.15) is 5.01 Å². The van der Waals surface area contributed by atoms with Gasteiger partial charge in [0.05, 0.1) is 19.8 Å². The van der Waals surface area contributed by atoms with Crippen molar-refractivity contribution in [2.75, 3.05) is 39.4 Å². The lowest BCUT2D eigenvalue weighted by Gasteiger charge is -2.32. The summed E-state index contributed by atoms with van der Waals surface area (Å²) in [6.45, 7) is 8.06. The SMILES string of the molecule is c1cc(CN2CCOC[C@]3(CCN(Cc4nccs4)C3)C2)ccn1. The first-order valence-corrected chi connectivity index (χ1v) is 9.49. The number of hydrogen-bond acceptors (Lipinski definition) is 6. The summed E-state index contributed by atoms with van der Waals surface area (Å²) in [5, 5.41) is 3.28. The predicted molar refractivity (Wildman–Crippen MR) is 94.8 cm³/mol. The summed E-state index contributed by atoms with van der Waals surface area (Å²) in [5.74, 6) is 0. The van der Waals surface area contributed by atoms with Crippen LogP contribution < -0.4 is 0 Å². The lowest BCUT2D eigenvalue weighted by molar-refractivity contribution is 0.0706. The molecule has 0 radical (unpaired) electrons. The Morgan fingerprint density at radius 3 is 2.71 bits per heavy atom. The standard InChI is InChI=1S/C18H24N4OS/c1-4-19-5-2-16(1)11-22-8-9-23-15-18(14-22)3-7-21(13-18)12-17-20-6-10-24-17/h1-2,4-6,10H,3,7-9,11-15H2/t18-/m0/s1. The van der Waals surface area contributed by atoms with Gasteiger partial charge in [0.15, 0.2) is 0 Å². The van der Waals surface area contributed by atoms with Crippen LogP contribution in [0.25, 0.3) is 0 Å². The zero-order chi connectivity index (χ0) is 16.2. The average Bonchev–Trinajstić information content (AvgIpc) is 3.19. The zero-order valence-electron chi connectivity index (χ0n) is 13.9. The van der Waals surface area contributed by atoms with Gasteiger partial charge in [-0.25, -0.2) is 4.98 Å². The number of nitrogens with zero attached hydrogens (tertiary/aromatic N) is 4. The summed E-state index contributed by atoms with van der Waals surface area (Å²) < 4.78 is 5.99. The van der Waals surface area contributed by atoms with Gasteiger partial charge in [0.25, 0.3) is 0 Å². The molecule has 2 fully saturated rings. The largest absolute Gasteiger partial charge is 0.379 e. The Bertz CT molecular complexity index is 636. The molecule has 128 valence electrons. The van der Waals surface area contributed by atoms with E-state index in [1.165, 1.54) is 17.0 Å². The summed E-state index contributed by atoms with van der Waals surface area (Å²) in [5.41, 5.74) is 1.60. The molecule has 1 atom stereocenters. The highest BCUT2D eigenvalue weighted by molar-refractivity contribution is 7.09. The molecule has 1 spiro atoms. The molecule has 6 heteroatoms. The fourth-order valence-electron chi connectivity index (χ4n) is 3.89. The third kappa shape index (κ3) is 3.83. The molecule has 0 unspecified atom stereocenters. The van der Waals surface area contributed by atoms with E-state index in [0.29, 0.717) is 0 Å². The number of aromatic nitrogens is 2. The second-order valence-corrected chi connectivity index (χ2v) is 7.98. The van der Waals surface area contributed by atoms with E-state index < -0.39 is 0 Å². The maximum absolute atomic E-state index is 5.99. The highest BCUT2D eigenvalue weighted by Gasteiger charge is 2.41. The van der Waals surface area contributed by atoms with Crippen LogP contribution in [0.3, 0.4) is 0 Å². The molecule has 2 aromatic rings. The number of thiazole rings is 1. The van der Waals surface area contributed by atoms with Crippen LogP contribution in [-0.2, 0) is 17.8 Å². The summed E-state index contributed by atoms with van der Waals surface area (Å²) in [4.78, 5) is 13.6. The molecule has 2 aliphatic heterocycles. The Labute approximate surface area is 147 Å². The molecule has 4 rings (SSSR count). The summed E-state index contributed by atoms with van der Waals surface area (Å²) >= 11 is 1.75. The first kappa shape index (κ1) is 16.1. The van der Waals surface area contributed by atoms with Crippen LogP contribution in [0.1, 0.15) is 17.0 Å². The van der Waals surface area contributed by atoms with Crippen LogP contribution >= 0.6 is 11.3 Å². The number of likely N-dealkylation sites (tertiary alicyclic amines) is 1. The summed E-state index contributed by atoms with van der Waals surface area (Å²) in [6.07, 6.45) is 6.87. The molecule has 2 saturated heterocycles. The van der Waals surface area contributed by atoms with E-state index in [1.54, 1.807) is 11.3 Å². The highest BCUT2D eigenvalue weighted by atomic mass is 32.1. The van der Waals surface area contributed by atoms with Crippen LogP contribution in [-0.4, -0.2) is 59.2 Å². The van der Waals surface area contributed by atoms with Crippen molar-refractivity contribution in [3.8, 4) is 0 Å². The molecule has 2 aliphatic rings. The van der Waals surface area contributed by atoms with Gasteiger partial charge in [-0.1, -0.05) is 0 Å². The Morgan fingerprint density at radius 2 is 1.92 bits per heavy atom. The molecule has 2 aromatic heterocycles. The Balaban J connectivity index is 1.40. The fraction of sp³-hybridized carbons (Fsp3) is 0.556. The van der Waals surface area contributed by atoms with Crippen molar-refractivity contribution in [1.82, 2.24) is 19.8 Å². The van der Waals surface area contributed by atoms with E-state index in [9.17, 15) is 0 Å². The van der Waals surface area contributed by atoms with Crippen molar-refractivity contribution in [3.05, 3.63) is 46.7 Å². The monoisotopic (exact) mass is 344 g/mol. The number of pyridine rings is 1. The molecular formula is C18H24N4OS. The molecule has 0 saturated carbocycles. The molecule has 4 heterocycles. The van der Waals surface area contributed by atoms with Crippen LogP contribution in [0.15, 0.2) is 36.1 Å². The van der Waals surface area contributed by atoms with Gasteiger partial charge < -0.3 is 4.74 Å². The van der Waals surface area contributed by atoms with E-state index in [0.717, 1.165) is 52.5 Å². The van der Waals surface area contributed by atoms with E-state index in [2.05, 4.69) is 37.3 Å². The first-order chi connectivity index (χ1) is 11.8. The van der Waals surface area contributed by atoms with Crippen molar-refractivity contribution in [3.63, 3.8) is 0 Å². The molecule has 0 N–H and O–H groups in total. The van der Waals surface area contributed by atoms with E-state index in [1.807, 2.05) is 18.6 Å². The third-order valence-corrected chi connectivity index (χ3v) is 5.80. The Hall–Kier alpha value is -1.34. The second-order valence-electron chi connectivity index (χ2n) is 7.01. The van der Waals surface area contributed by atoms with Gasteiger partial charge >= 0.3 is 0 Å². The van der Waals surface area contributed by atoms with Crippen LogP contribution in [0, 0.1) is 5.41 Å². The normalized spacial score (nSPS) is 26.0. The van der Waals surface area contributed by atoms with Gasteiger partial charge in [-0.3, -0.25) is 14.8 Å². The molecule has 0 aromatic carbocycles. The average molecular weight is 344 g/mol.